The van der Waals surface area contributed by atoms with Gasteiger partial charge in [0, 0.05) is 36.4 Å². The number of nitrogens with one attached hydrogen (secondary N) is 1. The smallest absolute Gasteiger partial charge is 0.163 e. The van der Waals surface area contributed by atoms with E-state index in [0.717, 1.165) is 48.8 Å². The average Bonchev–Trinajstić information content (AvgIpc) is 2.83. The molecule has 1 aliphatic heterocycles. The third-order valence-electron chi connectivity index (χ3n) is 5.35. The lowest BCUT2D eigenvalue weighted by molar-refractivity contribution is 0.122. The summed E-state index contributed by atoms with van der Waals surface area (Å²) in [6.07, 6.45) is 0. The summed E-state index contributed by atoms with van der Waals surface area (Å²) < 4.78 is 16.9. The molecule has 0 aromatic heterocycles. The summed E-state index contributed by atoms with van der Waals surface area (Å²) in [5.41, 5.74) is 3.93. The average molecular weight is 473 g/mol. The molecule has 3 aromatic carbocycles. The predicted molar refractivity (Wildman–Crippen MR) is 131 cm³/mol. The maximum atomic E-state index is 6.54. The molecule has 7 heteroatoms. The van der Waals surface area contributed by atoms with Crippen molar-refractivity contribution in [1.29, 1.82) is 0 Å². The standard InChI is InChI=1S/C25H26Cl2N2O3/c1-30-24-13-19(21(26)15-25(24)32-17-18-5-3-2-4-6-18)16-28-20-7-8-23(22(27)14-20)29-9-11-31-12-10-29/h2-8,13-15,28H,9-12,16-17H2,1H3. The molecule has 0 bridgehead atoms. The zero-order valence-electron chi connectivity index (χ0n) is 17.9. The molecule has 0 amide bonds. The summed E-state index contributed by atoms with van der Waals surface area (Å²) in [5, 5.41) is 4.71. The zero-order valence-corrected chi connectivity index (χ0v) is 19.5. The summed E-state index contributed by atoms with van der Waals surface area (Å²) >= 11 is 13.1. The molecule has 5 nitrogen and oxygen atoms in total. The fraction of sp³-hybridized carbons (Fsp3) is 0.280. The minimum atomic E-state index is 0.444. The van der Waals surface area contributed by atoms with E-state index in [1.54, 1.807) is 13.2 Å². The van der Waals surface area contributed by atoms with E-state index in [9.17, 15) is 0 Å². The molecule has 1 heterocycles. The van der Waals surface area contributed by atoms with Gasteiger partial charge < -0.3 is 24.4 Å². The van der Waals surface area contributed by atoms with Crippen LogP contribution in [0.5, 0.6) is 11.5 Å². The van der Waals surface area contributed by atoms with Gasteiger partial charge in [0.2, 0.25) is 0 Å². The Labute approximate surface area is 198 Å². The molecule has 0 radical (unpaired) electrons. The number of hydrogen-bond donors (Lipinski definition) is 1. The van der Waals surface area contributed by atoms with Crippen molar-refractivity contribution in [2.45, 2.75) is 13.2 Å². The summed E-state index contributed by atoms with van der Waals surface area (Å²) in [6, 6.07) is 19.7. The van der Waals surface area contributed by atoms with E-state index in [0.29, 0.717) is 34.7 Å². The summed E-state index contributed by atoms with van der Waals surface area (Å²) in [4.78, 5) is 2.24. The second-order valence-corrected chi connectivity index (χ2v) is 8.30. The van der Waals surface area contributed by atoms with Crippen molar-refractivity contribution in [2.75, 3.05) is 43.6 Å². The highest BCUT2D eigenvalue weighted by molar-refractivity contribution is 6.33. The Kier molecular flexibility index (Phi) is 7.63. The van der Waals surface area contributed by atoms with Crippen molar-refractivity contribution in [1.82, 2.24) is 0 Å². The number of methoxy groups -OCH3 is 1. The topological polar surface area (TPSA) is 43.0 Å². The van der Waals surface area contributed by atoms with Crippen LogP contribution in [0.2, 0.25) is 10.0 Å². The monoisotopic (exact) mass is 472 g/mol. The SMILES string of the molecule is COc1cc(CNc2ccc(N3CCOCC3)c(Cl)c2)c(Cl)cc1OCc1ccccc1. The van der Waals surface area contributed by atoms with Crippen LogP contribution in [0.1, 0.15) is 11.1 Å². The summed E-state index contributed by atoms with van der Waals surface area (Å²) in [7, 11) is 1.62. The van der Waals surface area contributed by atoms with E-state index < -0.39 is 0 Å². The number of morpholine rings is 1. The van der Waals surface area contributed by atoms with E-state index in [2.05, 4.69) is 10.2 Å². The van der Waals surface area contributed by atoms with Crippen molar-refractivity contribution >= 4 is 34.6 Å². The van der Waals surface area contributed by atoms with Crippen LogP contribution in [-0.4, -0.2) is 33.4 Å². The highest BCUT2D eigenvalue weighted by Crippen LogP contribution is 2.35. The molecule has 1 fully saturated rings. The van der Waals surface area contributed by atoms with Gasteiger partial charge in [0.15, 0.2) is 11.5 Å². The molecule has 168 valence electrons. The third-order valence-corrected chi connectivity index (χ3v) is 6.01. The van der Waals surface area contributed by atoms with Crippen LogP contribution in [-0.2, 0) is 17.9 Å². The van der Waals surface area contributed by atoms with Crippen LogP contribution in [0.25, 0.3) is 0 Å². The maximum absolute atomic E-state index is 6.54. The molecular weight excluding hydrogens is 447 g/mol. The predicted octanol–water partition coefficient (Wildman–Crippen LogP) is 6.03. The van der Waals surface area contributed by atoms with Gasteiger partial charge in [-0.3, -0.25) is 0 Å². The van der Waals surface area contributed by atoms with Gasteiger partial charge in [-0.1, -0.05) is 53.5 Å². The lowest BCUT2D eigenvalue weighted by atomic mass is 10.1. The molecule has 0 aliphatic carbocycles. The van der Waals surface area contributed by atoms with Gasteiger partial charge in [-0.05, 0) is 35.4 Å². The van der Waals surface area contributed by atoms with Gasteiger partial charge in [-0.25, -0.2) is 0 Å². The maximum Gasteiger partial charge on any atom is 0.163 e. The largest absolute Gasteiger partial charge is 0.493 e. The Hall–Kier alpha value is -2.60. The molecule has 0 spiro atoms. The molecule has 1 N–H and O–H groups in total. The van der Waals surface area contributed by atoms with E-state index in [1.165, 1.54) is 0 Å². The fourth-order valence-electron chi connectivity index (χ4n) is 3.60. The Balaban J connectivity index is 1.42. The first-order valence-corrected chi connectivity index (χ1v) is 11.3. The first-order chi connectivity index (χ1) is 15.6. The van der Waals surface area contributed by atoms with Crippen molar-refractivity contribution in [3.8, 4) is 11.5 Å². The molecular formula is C25H26Cl2N2O3. The van der Waals surface area contributed by atoms with Crippen molar-refractivity contribution in [3.63, 3.8) is 0 Å². The van der Waals surface area contributed by atoms with Crippen LogP contribution >= 0.6 is 23.2 Å². The lowest BCUT2D eigenvalue weighted by Crippen LogP contribution is -2.36. The van der Waals surface area contributed by atoms with Crippen LogP contribution in [0, 0.1) is 0 Å². The Morgan fingerprint density at radius 2 is 1.72 bits per heavy atom. The van der Waals surface area contributed by atoms with Crippen LogP contribution in [0.4, 0.5) is 11.4 Å². The first-order valence-electron chi connectivity index (χ1n) is 10.5. The number of hydrogen-bond acceptors (Lipinski definition) is 5. The summed E-state index contributed by atoms with van der Waals surface area (Å²) in [5.74, 6) is 1.26. The molecule has 32 heavy (non-hydrogen) atoms. The molecule has 1 saturated heterocycles. The van der Waals surface area contributed by atoms with E-state index in [-0.39, 0.29) is 0 Å². The molecule has 4 rings (SSSR count). The minimum absolute atomic E-state index is 0.444. The normalized spacial score (nSPS) is 13.7. The zero-order chi connectivity index (χ0) is 22.3. The molecule has 1 aliphatic rings. The van der Waals surface area contributed by atoms with Gasteiger partial charge in [-0.15, -0.1) is 0 Å². The first kappa shape index (κ1) is 22.6. The number of anilines is 2. The van der Waals surface area contributed by atoms with Crippen LogP contribution < -0.4 is 19.7 Å². The van der Waals surface area contributed by atoms with Crippen LogP contribution in [0.15, 0.2) is 60.7 Å². The number of rotatable bonds is 8. The Morgan fingerprint density at radius 3 is 2.44 bits per heavy atom. The second-order valence-electron chi connectivity index (χ2n) is 7.49. The van der Waals surface area contributed by atoms with E-state index in [4.69, 9.17) is 37.4 Å². The van der Waals surface area contributed by atoms with Gasteiger partial charge in [0.05, 0.1) is 31.0 Å². The molecule has 3 aromatic rings. The Bertz CT molecular complexity index is 1040. The van der Waals surface area contributed by atoms with Gasteiger partial charge in [-0.2, -0.15) is 0 Å². The van der Waals surface area contributed by atoms with Crippen molar-refractivity contribution in [2.24, 2.45) is 0 Å². The van der Waals surface area contributed by atoms with E-state index in [1.807, 2.05) is 54.6 Å². The number of ether oxygens (including phenoxy) is 3. The molecule has 0 unspecified atom stereocenters. The third kappa shape index (κ3) is 5.60. The summed E-state index contributed by atoms with van der Waals surface area (Å²) in [6.45, 7) is 4.12. The van der Waals surface area contributed by atoms with Crippen molar-refractivity contribution in [3.05, 3.63) is 81.8 Å². The quantitative estimate of drug-likeness (QED) is 0.433. The highest BCUT2D eigenvalue weighted by atomic mass is 35.5. The van der Waals surface area contributed by atoms with Crippen molar-refractivity contribution < 1.29 is 14.2 Å². The lowest BCUT2D eigenvalue weighted by Gasteiger charge is -2.29. The number of benzene rings is 3. The Morgan fingerprint density at radius 1 is 0.938 bits per heavy atom. The van der Waals surface area contributed by atoms with Gasteiger partial charge >= 0.3 is 0 Å². The minimum Gasteiger partial charge on any atom is -0.493 e. The number of halogens is 2. The van der Waals surface area contributed by atoms with Gasteiger partial charge in [0.1, 0.15) is 6.61 Å². The number of nitrogens with zero attached hydrogens (tertiary/aromatic N) is 1. The van der Waals surface area contributed by atoms with E-state index >= 15 is 0 Å². The molecule has 0 saturated carbocycles. The molecule has 0 atom stereocenters. The van der Waals surface area contributed by atoms with Crippen LogP contribution in [0.3, 0.4) is 0 Å². The highest BCUT2D eigenvalue weighted by Gasteiger charge is 2.15. The fourth-order valence-corrected chi connectivity index (χ4v) is 4.12. The second kappa shape index (κ2) is 10.8. The van der Waals surface area contributed by atoms with Gasteiger partial charge in [0.25, 0.3) is 0 Å².